The Balaban J connectivity index is 1.83. The quantitative estimate of drug-likeness (QED) is 0.878. The molecule has 3 rings (SSSR count). The van der Waals surface area contributed by atoms with E-state index < -0.39 is 0 Å². The molecule has 0 radical (unpaired) electrons. The number of nitrogens with one attached hydrogen (secondary N) is 1. The van der Waals surface area contributed by atoms with Crippen LogP contribution in [-0.2, 0) is 19.5 Å². The summed E-state index contributed by atoms with van der Waals surface area (Å²) < 4.78 is 1.57. The fourth-order valence-corrected chi connectivity index (χ4v) is 2.47. The molecule has 0 atom stereocenters. The lowest BCUT2D eigenvalue weighted by molar-refractivity contribution is 0.0731. The highest BCUT2D eigenvalue weighted by Crippen LogP contribution is 2.16. The minimum absolute atomic E-state index is 0.106. The van der Waals surface area contributed by atoms with Crippen LogP contribution in [0.4, 0.5) is 0 Å². The fraction of sp³-hybridized carbons (Fsp3) is 0.357. The molecule has 0 saturated heterocycles. The second-order valence-electron chi connectivity index (χ2n) is 4.84. The largest absolute Gasteiger partial charge is 0.347 e. The summed E-state index contributed by atoms with van der Waals surface area (Å²) in [5, 5.41) is 0. The predicted octanol–water partition coefficient (Wildman–Crippen LogP) is 0.790. The van der Waals surface area contributed by atoms with Crippen molar-refractivity contribution in [2.45, 2.75) is 26.4 Å². The van der Waals surface area contributed by atoms with Crippen molar-refractivity contribution in [3.05, 3.63) is 52.0 Å². The summed E-state index contributed by atoms with van der Waals surface area (Å²) in [6.45, 7) is 3.65. The smallest absolute Gasteiger partial charge is 0.254 e. The van der Waals surface area contributed by atoms with Crippen LogP contribution >= 0.6 is 0 Å². The number of carbonyl (C=O) groups excluding carboxylic acids is 1. The maximum Gasteiger partial charge on any atom is 0.254 e. The maximum atomic E-state index is 12.4. The average Bonchev–Trinajstić information content (AvgIpc) is 2.93. The van der Waals surface area contributed by atoms with E-state index in [-0.39, 0.29) is 11.5 Å². The van der Waals surface area contributed by atoms with Crippen molar-refractivity contribution < 1.29 is 4.79 Å². The van der Waals surface area contributed by atoms with E-state index in [0.29, 0.717) is 25.2 Å². The monoisotopic (exact) mass is 272 g/mol. The predicted molar refractivity (Wildman–Crippen MR) is 73.4 cm³/mol. The van der Waals surface area contributed by atoms with Gasteiger partial charge in [0.25, 0.3) is 11.5 Å². The molecule has 2 aromatic rings. The van der Waals surface area contributed by atoms with Crippen molar-refractivity contribution >= 4 is 5.91 Å². The SMILES string of the molecule is CCn1ccc(C(=O)N2CCc3nc[nH]c3C2)cc1=O. The van der Waals surface area contributed by atoms with E-state index in [1.54, 1.807) is 28.1 Å². The van der Waals surface area contributed by atoms with Crippen LogP contribution in [0.15, 0.2) is 29.5 Å². The first-order valence-electron chi connectivity index (χ1n) is 6.70. The molecule has 2 aromatic heterocycles. The molecule has 1 amide bonds. The number of hydrogen-bond donors (Lipinski definition) is 1. The van der Waals surface area contributed by atoms with E-state index in [1.165, 1.54) is 6.07 Å². The third-order valence-corrected chi connectivity index (χ3v) is 3.65. The topological polar surface area (TPSA) is 71.0 Å². The van der Waals surface area contributed by atoms with Gasteiger partial charge in [0.05, 0.1) is 24.3 Å². The first kappa shape index (κ1) is 12.7. The molecule has 0 saturated carbocycles. The van der Waals surface area contributed by atoms with E-state index >= 15 is 0 Å². The number of aryl methyl sites for hydroxylation is 1. The number of imidazole rings is 1. The highest BCUT2D eigenvalue weighted by molar-refractivity contribution is 5.94. The summed E-state index contributed by atoms with van der Waals surface area (Å²) >= 11 is 0. The van der Waals surface area contributed by atoms with Gasteiger partial charge in [-0.05, 0) is 13.0 Å². The zero-order valence-corrected chi connectivity index (χ0v) is 11.3. The summed E-state index contributed by atoms with van der Waals surface area (Å²) in [6, 6.07) is 3.12. The van der Waals surface area contributed by atoms with Crippen LogP contribution in [0.3, 0.4) is 0 Å². The van der Waals surface area contributed by atoms with Crippen molar-refractivity contribution in [1.82, 2.24) is 19.4 Å². The van der Waals surface area contributed by atoms with Crippen LogP contribution in [0.2, 0.25) is 0 Å². The molecule has 6 nitrogen and oxygen atoms in total. The molecule has 0 spiro atoms. The first-order valence-corrected chi connectivity index (χ1v) is 6.70. The Hall–Kier alpha value is -2.37. The van der Waals surface area contributed by atoms with Gasteiger partial charge in [0, 0.05) is 37.3 Å². The van der Waals surface area contributed by atoms with Crippen molar-refractivity contribution in [2.75, 3.05) is 6.54 Å². The molecule has 6 heteroatoms. The lowest BCUT2D eigenvalue weighted by atomic mass is 10.1. The summed E-state index contributed by atoms with van der Waals surface area (Å²) in [4.78, 5) is 33.2. The van der Waals surface area contributed by atoms with Gasteiger partial charge < -0.3 is 14.5 Å². The number of fused-ring (bicyclic) bond motifs is 1. The van der Waals surface area contributed by atoms with Gasteiger partial charge >= 0.3 is 0 Å². The molecule has 20 heavy (non-hydrogen) atoms. The number of aromatic nitrogens is 3. The lowest BCUT2D eigenvalue weighted by Gasteiger charge is -2.26. The highest BCUT2D eigenvalue weighted by atomic mass is 16.2. The van der Waals surface area contributed by atoms with E-state index in [1.807, 2.05) is 6.92 Å². The number of nitrogens with zero attached hydrogens (tertiary/aromatic N) is 3. The van der Waals surface area contributed by atoms with Crippen LogP contribution in [-0.4, -0.2) is 31.9 Å². The molecule has 0 aromatic carbocycles. The lowest BCUT2D eigenvalue weighted by Crippen LogP contribution is -2.36. The number of pyridine rings is 1. The Morgan fingerprint density at radius 1 is 1.50 bits per heavy atom. The Morgan fingerprint density at radius 3 is 3.10 bits per heavy atom. The molecular formula is C14H16N4O2. The normalized spacial score (nSPS) is 14.2. The zero-order valence-electron chi connectivity index (χ0n) is 11.3. The van der Waals surface area contributed by atoms with Gasteiger partial charge in [-0.2, -0.15) is 0 Å². The summed E-state index contributed by atoms with van der Waals surface area (Å²) in [5.74, 6) is -0.106. The van der Waals surface area contributed by atoms with Crippen LogP contribution in [0.25, 0.3) is 0 Å². The van der Waals surface area contributed by atoms with Crippen molar-refractivity contribution in [1.29, 1.82) is 0 Å². The van der Waals surface area contributed by atoms with Crippen LogP contribution in [0, 0.1) is 0 Å². The first-order chi connectivity index (χ1) is 9.69. The van der Waals surface area contributed by atoms with Crippen molar-refractivity contribution in [3.63, 3.8) is 0 Å². The Bertz CT molecular complexity index is 701. The van der Waals surface area contributed by atoms with Crippen LogP contribution in [0.5, 0.6) is 0 Å². The molecule has 1 aliphatic heterocycles. The van der Waals surface area contributed by atoms with Gasteiger partial charge in [-0.1, -0.05) is 0 Å². The van der Waals surface area contributed by atoms with Crippen LogP contribution < -0.4 is 5.56 Å². The Kier molecular flexibility index (Phi) is 3.14. The highest BCUT2D eigenvalue weighted by Gasteiger charge is 2.23. The van der Waals surface area contributed by atoms with Gasteiger partial charge in [0.15, 0.2) is 0 Å². The summed E-state index contributed by atoms with van der Waals surface area (Å²) in [5.41, 5.74) is 2.31. The maximum absolute atomic E-state index is 12.4. The average molecular weight is 272 g/mol. The van der Waals surface area contributed by atoms with E-state index in [4.69, 9.17) is 0 Å². The van der Waals surface area contributed by atoms with Gasteiger partial charge in [0.2, 0.25) is 0 Å². The van der Waals surface area contributed by atoms with E-state index in [2.05, 4.69) is 9.97 Å². The summed E-state index contributed by atoms with van der Waals surface area (Å²) in [6.07, 6.45) is 4.07. The molecular weight excluding hydrogens is 256 g/mol. The molecule has 104 valence electrons. The van der Waals surface area contributed by atoms with Gasteiger partial charge in [0.1, 0.15) is 0 Å². The second-order valence-corrected chi connectivity index (χ2v) is 4.84. The molecule has 1 N–H and O–H groups in total. The van der Waals surface area contributed by atoms with Crippen molar-refractivity contribution in [3.8, 4) is 0 Å². The second kappa shape index (κ2) is 4.96. The van der Waals surface area contributed by atoms with E-state index in [9.17, 15) is 9.59 Å². The Morgan fingerprint density at radius 2 is 2.35 bits per heavy atom. The minimum Gasteiger partial charge on any atom is -0.347 e. The number of amides is 1. The van der Waals surface area contributed by atoms with Gasteiger partial charge in [-0.15, -0.1) is 0 Å². The van der Waals surface area contributed by atoms with Crippen LogP contribution in [0.1, 0.15) is 28.7 Å². The fourth-order valence-electron chi connectivity index (χ4n) is 2.47. The molecule has 0 fully saturated rings. The molecule has 1 aliphatic rings. The Labute approximate surface area is 116 Å². The summed E-state index contributed by atoms with van der Waals surface area (Å²) in [7, 11) is 0. The molecule has 3 heterocycles. The third-order valence-electron chi connectivity index (χ3n) is 3.65. The third kappa shape index (κ3) is 2.13. The number of aromatic amines is 1. The molecule has 0 aliphatic carbocycles. The minimum atomic E-state index is -0.141. The van der Waals surface area contributed by atoms with Crippen molar-refractivity contribution in [2.24, 2.45) is 0 Å². The van der Waals surface area contributed by atoms with Gasteiger partial charge in [-0.25, -0.2) is 4.98 Å². The number of hydrogen-bond acceptors (Lipinski definition) is 3. The molecule has 0 unspecified atom stereocenters. The number of H-pyrrole nitrogens is 1. The van der Waals surface area contributed by atoms with E-state index in [0.717, 1.165) is 17.8 Å². The number of rotatable bonds is 2. The number of carbonyl (C=O) groups is 1. The zero-order chi connectivity index (χ0) is 14.1. The standard InChI is InChI=1S/C14H16N4O2/c1-2-17-5-3-10(7-13(17)19)14(20)18-6-4-11-12(8-18)16-9-15-11/h3,5,7,9H,2,4,6,8H2,1H3,(H,15,16). The molecule has 0 bridgehead atoms. The van der Waals surface area contributed by atoms with Gasteiger partial charge in [-0.3, -0.25) is 9.59 Å².